The third kappa shape index (κ3) is 1.99. The highest BCUT2D eigenvalue weighted by molar-refractivity contribution is 6.55. The first-order chi connectivity index (χ1) is 8.78. The lowest BCUT2D eigenvalue weighted by Crippen LogP contribution is -2.41. The maximum absolute atomic E-state index is 6.02. The van der Waals surface area contributed by atoms with E-state index in [1.807, 2.05) is 33.8 Å². The molecule has 0 amide bonds. The molecule has 0 radical (unpaired) electrons. The Bertz CT molecular complexity index is 492. The van der Waals surface area contributed by atoms with Gasteiger partial charge in [-0.3, -0.25) is 0 Å². The molecule has 3 rings (SSSR count). The van der Waals surface area contributed by atoms with Gasteiger partial charge in [0.25, 0.3) is 6.02 Å². The molecule has 0 bridgehead atoms. The van der Waals surface area contributed by atoms with Crippen molar-refractivity contribution in [3.8, 4) is 0 Å². The molecule has 3 aliphatic rings. The van der Waals surface area contributed by atoms with Crippen molar-refractivity contribution in [2.45, 2.75) is 51.4 Å². The molecule has 0 saturated carbocycles. The Hall–Kier alpha value is -1.27. The summed E-state index contributed by atoms with van der Waals surface area (Å²) < 4.78 is 17.4. The van der Waals surface area contributed by atoms with Crippen molar-refractivity contribution in [2.24, 2.45) is 10.7 Å². The fourth-order valence-corrected chi connectivity index (χ4v) is 2.34. The van der Waals surface area contributed by atoms with Gasteiger partial charge in [-0.15, -0.1) is 0 Å². The Labute approximate surface area is 113 Å². The van der Waals surface area contributed by atoms with Crippen LogP contribution in [0.4, 0.5) is 0 Å². The fraction of sp³-hybridized carbons (Fsp3) is 0.615. The summed E-state index contributed by atoms with van der Waals surface area (Å²) in [6.45, 7) is 8.17. The highest BCUT2D eigenvalue weighted by Gasteiger charge is 2.52. The third-order valence-electron chi connectivity index (χ3n) is 4.24. The Kier molecular flexibility index (Phi) is 2.60. The van der Waals surface area contributed by atoms with Gasteiger partial charge in [-0.05, 0) is 39.2 Å². The maximum Gasteiger partial charge on any atom is 0.494 e. The van der Waals surface area contributed by atoms with Gasteiger partial charge in [-0.1, -0.05) is 6.08 Å². The topological polar surface area (TPSA) is 66.1 Å². The summed E-state index contributed by atoms with van der Waals surface area (Å²) in [5, 5.41) is 0. The zero-order valence-corrected chi connectivity index (χ0v) is 11.8. The summed E-state index contributed by atoms with van der Waals surface area (Å²) in [5.41, 5.74) is 6.76. The number of fused-ring (bicyclic) bond motifs is 1. The Morgan fingerprint density at radius 2 is 1.89 bits per heavy atom. The van der Waals surface area contributed by atoms with E-state index in [1.165, 1.54) is 0 Å². The standard InChI is InChI=1S/C13H19BN2O3/c1-12(2)13(3,4)19-14(18-12)8-5-6-10-9(7-8)16-11(15)17-10/h5,7,10H,6H2,1-4H3,(H2,15,16). The smallest absolute Gasteiger partial charge is 0.455 e. The molecule has 0 aromatic carbocycles. The van der Waals surface area contributed by atoms with Crippen molar-refractivity contribution >= 4 is 13.1 Å². The molecule has 1 fully saturated rings. The summed E-state index contributed by atoms with van der Waals surface area (Å²) >= 11 is 0. The minimum atomic E-state index is -0.351. The molecule has 0 spiro atoms. The number of aliphatic imine (C=N–C) groups is 1. The van der Waals surface area contributed by atoms with E-state index in [9.17, 15) is 0 Å². The van der Waals surface area contributed by atoms with E-state index in [0.717, 1.165) is 17.6 Å². The molecule has 102 valence electrons. The highest BCUT2D eigenvalue weighted by Crippen LogP contribution is 2.40. The molecule has 6 heteroatoms. The fourth-order valence-electron chi connectivity index (χ4n) is 2.34. The van der Waals surface area contributed by atoms with Crippen molar-refractivity contribution in [3.05, 3.63) is 23.3 Å². The molecule has 1 atom stereocenters. The summed E-state index contributed by atoms with van der Waals surface area (Å²) in [4.78, 5) is 4.19. The summed E-state index contributed by atoms with van der Waals surface area (Å²) in [6.07, 6.45) is 4.72. The van der Waals surface area contributed by atoms with Crippen LogP contribution >= 0.6 is 0 Å². The van der Waals surface area contributed by atoms with Crippen molar-refractivity contribution in [1.82, 2.24) is 0 Å². The lowest BCUT2D eigenvalue weighted by Gasteiger charge is -2.32. The molecular weight excluding hydrogens is 243 g/mol. The van der Waals surface area contributed by atoms with Gasteiger partial charge >= 0.3 is 7.12 Å². The molecule has 1 aliphatic carbocycles. The molecule has 2 aliphatic heterocycles. The first-order valence-electron chi connectivity index (χ1n) is 6.57. The monoisotopic (exact) mass is 262 g/mol. The van der Waals surface area contributed by atoms with Crippen LogP contribution in [0.2, 0.25) is 0 Å². The van der Waals surface area contributed by atoms with Gasteiger partial charge in [0.2, 0.25) is 0 Å². The van der Waals surface area contributed by atoms with E-state index < -0.39 is 0 Å². The Morgan fingerprint density at radius 3 is 2.53 bits per heavy atom. The summed E-state index contributed by atoms with van der Waals surface area (Å²) in [6, 6.07) is 0.236. The molecule has 1 unspecified atom stereocenters. The SMILES string of the molecule is CC1(C)OB(C2=CCC3OC(N)=NC3=C2)OC1(C)C. The Morgan fingerprint density at radius 1 is 1.26 bits per heavy atom. The number of hydrogen-bond acceptors (Lipinski definition) is 5. The number of nitrogens with zero attached hydrogens (tertiary/aromatic N) is 1. The highest BCUT2D eigenvalue weighted by atomic mass is 16.7. The third-order valence-corrected chi connectivity index (χ3v) is 4.24. The maximum atomic E-state index is 6.02. The van der Waals surface area contributed by atoms with Crippen LogP contribution in [0.25, 0.3) is 0 Å². The average Bonchev–Trinajstić information content (AvgIpc) is 2.74. The van der Waals surface area contributed by atoms with Crippen LogP contribution in [0.1, 0.15) is 34.1 Å². The van der Waals surface area contributed by atoms with Gasteiger partial charge in [0.1, 0.15) is 6.10 Å². The van der Waals surface area contributed by atoms with Gasteiger partial charge in [-0.25, -0.2) is 0 Å². The quantitative estimate of drug-likeness (QED) is 0.728. The first-order valence-corrected chi connectivity index (χ1v) is 6.57. The zero-order valence-electron chi connectivity index (χ0n) is 11.8. The predicted octanol–water partition coefficient (Wildman–Crippen LogP) is 1.55. The minimum absolute atomic E-state index is 0.0498. The van der Waals surface area contributed by atoms with E-state index >= 15 is 0 Å². The molecular formula is C13H19BN2O3. The van der Waals surface area contributed by atoms with Crippen LogP contribution in [-0.2, 0) is 14.0 Å². The van der Waals surface area contributed by atoms with E-state index in [0.29, 0.717) is 0 Å². The van der Waals surface area contributed by atoms with Crippen molar-refractivity contribution in [2.75, 3.05) is 0 Å². The van der Waals surface area contributed by atoms with Crippen LogP contribution in [0.15, 0.2) is 28.3 Å². The molecule has 5 nitrogen and oxygen atoms in total. The number of ether oxygens (including phenoxy) is 1. The van der Waals surface area contributed by atoms with Crippen molar-refractivity contribution < 1.29 is 14.0 Å². The lowest BCUT2D eigenvalue weighted by atomic mass is 9.75. The van der Waals surface area contributed by atoms with Crippen LogP contribution in [0.3, 0.4) is 0 Å². The van der Waals surface area contributed by atoms with E-state index in [-0.39, 0.29) is 30.4 Å². The van der Waals surface area contributed by atoms with Crippen LogP contribution in [-0.4, -0.2) is 30.4 Å². The second kappa shape index (κ2) is 3.87. The predicted molar refractivity (Wildman–Crippen MR) is 73.4 cm³/mol. The van der Waals surface area contributed by atoms with Gasteiger partial charge in [-0.2, -0.15) is 4.99 Å². The lowest BCUT2D eigenvalue weighted by molar-refractivity contribution is 0.00578. The Balaban J connectivity index is 1.83. The summed E-state index contributed by atoms with van der Waals surface area (Å²) in [5.74, 6) is 0. The number of nitrogens with two attached hydrogens (primary N) is 1. The normalized spacial score (nSPS) is 31.3. The zero-order chi connectivity index (χ0) is 13.8. The van der Waals surface area contributed by atoms with Gasteiger partial charge in [0.15, 0.2) is 0 Å². The first kappa shape index (κ1) is 12.8. The molecule has 0 aromatic rings. The van der Waals surface area contributed by atoms with Gasteiger partial charge < -0.3 is 19.8 Å². The van der Waals surface area contributed by atoms with Crippen LogP contribution in [0, 0.1) is 0 Å². The molecule has 1 saturated heterocycles. The van der Waals surface area contributed by atoms with Crippen molar-refractivity contribution in [1.29, 1.82) is 0 Å². The second-order valence-electron chi connectivity index (χ2n) is 6.15. The van der Waals surface area contributed by atoms with Crippen molar-refractivity contribution in [3.63, 3.8) is 0 Å². The van der Waals surface area contributed by atoms with Gasteiger partial charge in [0.05, 0.1) is 16.9 Å². The number of rotatable bonds is 1. The van der Waals surface area contributed by atoms with Crippen LogP contribution < -0.4 is 5.73 Å². The molecule has 0 aromatic heterocycles. The molecule has 19 heavy (non-hydrogen) atoms. The van der Waals surface area contributed by atoms with Crippen LogP contribution in [0.5, 0.6) is 0 Å². The van der Waals surface area contributed by atoms with E-state index in [4.69, 9.17) is 19.8 Å². The molecule has 2 heterocycles. The summed E-state index contributed by atoms with van der Waals surface area (Å²) in [7, 11) is -0.351. The average molecular weight is 262 g/mol. The molecule has 2 N–H and O–H groups in total. The van der Waals surface area contributed by atoms with Gasteiger partial charge in [0, 0.05) is 6.42 Å². The van der Waals surface area contributed by atoms with E-state index in [1.54, 1.807) is 0 Å². The number of allylic oxidation sites excluding steroid dienone is 2. The number of amidine groups is 1. The number of hydrogen-bond donors (Lipinski definition) is 1. The largest absolute Gasteiger partial charge is 0.494 e. The van der Waals surface area contributed by atoms with E-state index in [2.05, 4.69) is 11.1 Å². The minimum Gasteiger partial charge on any atom is -0.455 e. The second-order valence-corrected chi connectivity index (χ2v) is 6.15.